The van der Waals surface area contributed by atoms with Gasteiger partial charge in [-0.1, -0.05) is 12.1 Å². The van der Waals surface area contributed by atoms with Crippen LogP contribution in [0.4, 0.5) is 13.2 Å². The van der Waals surface area contributed by atoms with Crippen molar-refractivity contribution in [2.75, 3.05) is 0 Å². The van der Waals surface area contributed by atoms with Crippen LogP contribution < -0.4 is 0 Å². The number of hydrogen-bond donors (Lipinski definition) is 1. The van der Waals surface area contributed by atoms with E-state index in [4.69, 9.17) is 15.5 Å². The van der Waals surface area contributed by atoms with Gasteiger partial charge in [-0.05, 0) is 12.1 Å². The number of hydrogen-bond acceptors (Lipinski definition) is 2. The van der Waals surface area contributed by atoms with Gasteiger partial charge in [-0.25, -0.2) is 8.99 Å². The third-order valence-electron chi connectivity index (χ3n) is 1.48. The van der Waals surface area contributed by atoms with Crippen molar-refractivity contribution in [1.29, 1.82) is 4.78 Å². The van der Waals surface area contributed by atoms with E-state index in [0.717, 1.165) is 18.2 Å². The fourth-order valence-electron chi connectivity index (χ4n) is 0.930. The van der Waals surface area contributed by atoms with Crippen LogP contribution in [0.15, 0.2) is 29.2 Å². The average molecular weight is 244 g/mol. The minimum Gasteiger partial charge on any atom is -0.236 e. The van der Waals surface area contributed by atoms with Crippen molar-refractivity contribution in [2.24, 2.45) is 0 Å². The predicted octanol–water partition coefficient (Wildman–Crippen LogP) is 3.26. The summed E-state index contributed by atoms with van der Waals surface area (Å²) in [6, 6.07) is 4.08. The summed E-state index contributed by atoms with van der Waals surface area (Å²) in [4.78, 5) is -0.700. The second-order valence-electron chi connectivity index (χ2n) is 2.48. The van der Waals surface area contributed by atoms with Crippen LogP contribution in [-0.4, -0.2) is 4.21 Å². The Morgan fingerprint density at radius 1 is 1.29 bits per heavy atom. The van der Waals surface area contributed by atoms with Crippen LogP contribution in [0.25, 0.3) is 0 Å². The largest absolute Gasteiger partial charge is 0.417 e. The molecule has 7 heteroatoms. The van der Waals surface area contributed by atoms with E-state index in [9.17, 15) is 17.4 Å². The Morgan fingerprint density at radius 3 is 2.14 bits per heavy atom. The van der Waals surface area contributed by atoms with Crippen molar-refractivity contribution in [1.82, 2.24) is 0 Å². The van der Waals surface area contributed by atoms with Gasteiger partial charge in [0.05, 0.1) is 10.5 Å². The first-order valence-corrected chi connectivity index (χ1v) is 5.76. The number of benzene rings is 1. The lowest BCUT2D eigenvalue weighted by atomic mass is 10.2. The summed E-state index contributed by atoms with van der Waals surface area (Å²) in [5.74, 6) is 0. The summed E-state index contributed by atoms with van der Waals surface area (Å²) in [7, 11) is 1.20. The zero-order valence-corrected chi connectivity index (χ0v) is 8.21. The molecular formula is C7H5ClF3NOS. The lowest BCUT2D eigenvalue weighted by molar-refractivity contribution is -0.139. The van der Waals surface area contributed by atoms with E-state index >= 15 is 0 Å². The highest BCUT2D eigenvalue weighted by atomic mass is 35.7. The zero-order valence-electron chi connectivity index (χ0n) is 6.64. The summed E-state index contributed by atoms with van der Waals surface area (Å²) in [6.07, 6.45) is -4.64. The molecule has 1 aromatic rings. The van der Waals surface area contributed by atoms with Gasteiger partial charge in [0, 0.05) is 10.7 Å². The molecule has 1 aromatic carbocycles. The van der Waals surface area contributed by atoms with E-state index in [2.05, 4.69) is 0 Å². The molecule has 0 fully saturated rings. The molecule has 0 amide bonds. The molecule has 2 nitrogen and oxygen atoms in total. The van der Waals surface area contributed by atoms with Gasteiger partial charge in [0.25, 0.3) is 0 Å². The third-order valence-corrected chi connectivity index (χ3v) is 2.90. The van der Waals surface area contributed by atoms with Gasteiger partial charge in [0.2, 0.25) is 0 Å². The maximum Gasteiger partial charge on any atom is 0.417 e. The average Bonchev–Trinajstić information content (AvgIpc) is 2.01. The highest BCUT2D eigenvalue weighted by Crippen LogP contribution is 2.35. The minimum absolute atomic E-state index is 0.700. The highest BCUT2D eigenvalue weighted by Gasteiger charge is 2.35. The van der Waals surface area contributed by atoms with Crippen molar-refractivity contribution >= 4 is 19.6 Å². The number of alkyl halides is 3. The molecule has 0 aromatic heterocycles. The standard InChI is InChI=1S/C7H5ClF3NOS/c8-14(12,13)6-4-2-1-3-5(6)7(9,10)11/h1-4,12H. The summed E-state index contributed by atoms with van der Waals surface area (Å²) in [5.41, 5.74) is -1.13. The molecule has 0 radical (unpaired) electrons. The Hall–Kier alpha value is -0.750. The monoisotopic (exact) mass is 243 g/mol. The fourth-order valence-corrected chi connectivity index (χ4v) is 2.05. The van der Waals surface area contributed by atoms with Crippen LogP contribution in [0, 0.1) is 4.78 Å². The zero-order chi connectivity index (χ0) is 11.0. The Bertz CT molecular complexity index is 440. The molecule has 0 spiro atoms. The molecule has 0 heterocycles. The van der Waals surface area contributed by atoms with Gasteiger partial charge in [-0.3, -0.25) is 0 Å². The molecule has 1 N–H and O–H groups in total. The Morgan fingerprint density at radius 2 is 1.79 bits per heavy atom. The fraction of sp³-hybridized carbons (Fsp3) is 0.143. The third kappa shape index (κ3) is 2.39. The molecule has 14 heavy (non-hydrogen) atoms. The van der Waals surface area contributed by atoms with Crippen LogP contribution in [0.3, 0.4) is 0 Å². The molecule has 0 aliphatic heterocycles. The molecule has 0 aliphatic carbocycles. The quantitative estimate of drug-likeness (QED) is 0.756. The summed E-state index contributed by atoms with van der Waals surface area (Å²) < 4.78 is 54.8. The second-order valence-corrected chi connectivity index (χ2v) is 5.20. The van der Waals surface area contributed by atoms with Crippen molar-refractivity contribution in [3.63, 3.8) is 0 Å². The van der Waals surface area contributed by atoms with Crippen LogP contribution >= 0.6 is 10.7 Å². The van der Waals surface area contributed by atoms with E-state index in [0.29, 0.717) is 0 Å². The van der Waals surface area contributed by atoms with Crippen LogP contribution in [-0.2, 0) is 15.1 Å². The van der Waals surface area contributed by atoms with E-state index in [1.165, 1.54) is 6.07 Å². The number of nitrogens with one attached hydrogen (secondary N) is 1. The lowest BCUT2D eigenvalue weighted by Gasteiger charge is -2.10. The van der Waals surface area contributed by atoms with Gasteiger partial charge in [0.1, 0.15) is 0 Å². The highest BCUT2D eigenvalue weighted by molar-refractivity contribution is 8.14. The van der Waals surface area contributed by atoms with Gasteiger partial charge >= 0.3 is 6.18 Å². The molecular weight excluding hydrogens is 239 g/mol. The smallest absolute Gasteiger partial charge is 0.236 e. The molecule has 1 atom stereocenters. The minimum atomic E-state index is -4.64. The van der Waals surface area contributed by atoms with Crippen molar-refractivity contribution in [3.05, 3.63) is 29.8 Å². The van der Waals surface area contributed by atoms with E-state index in [-0.39, 0.29) is 0 Å². The summed E-state index contributed by atoms with van der Waals surface area (Å²) in [5, 5.41) is 0. The number of halogens is 4. The topological polar surface area (TPSA) is 40.9 Å². The molecule has 0 saturated carbocycles. The van der Waals surface area contributed by atoms with Crippen molar-refractivity contribution in [2.45, 2.75) is 11.1 Å². The van der Waals surface area contributed by atoms with Gasteiger partial charge in [0.15, 0.2) is 8.94 Å². The SMILES string of the molecule is N=S(=O)(Cl)c1ccccc1C(F)(F)F. The van der Waals surface area contributed by atoms with E-state index in [1.807, 2.05) is 0 Å². The second kappa shape index (κ2) is 3.43. The van der Waals surface area contributed by atoms with Crippen molar-refractivity contribution < 1.29 is 17.4 Å². The molecule has 78 valence electrons. The van der Waals surface area contributed by atoms with Crippen LogP contribution in [0.1, 0.15) is 5.56 Å². The van der Waals surface area contributed by atoms with Crippen LogP contribution in [0.2, 0.25) is 0 Å². The van der Waals surface area contributed by atoms with Crippen molar-refractivity contribution in [3.8, 4) is 0 Å². The maximum absolute atomic E-state index is 12.3. The van der Waals surface area contributed by atoms with Crippen LogP contribution in [0.5, 0.6) is 0 Å². The molecule has 0 bridgehead atoms. The molecule has 0 aliphatic rings. The normalized spacial score (nSPS) is 16.3. The van der Waals surface area contributed by atoms with E-state index < -0.39 is 25.6 Å². The molecule has 1 unspecified atom stereocenters. The first kappa shape index (κ1) is 11.3. The van der Waals surface area contributed by atoms with E-state index in [1.54, 1.807) is 0 Å². The summed E-state index contributed by atoms with van der Waals surface area (Å²) >= 11 is 0. The van der Waals surface area contributed by atoms with Gasteiger partial charge < -0.3 is 0 Å². The molecule has 0 saturated heterocycles. The molecule has 1 rings (SSSR count). The van der Waals surface area contributed by atoms with Gasteiger partial charge in [-0.15, -0.1) is 0 Å². The maximum atomic E-state index is 12.3. The lowest BCUT2D eigenvalue weighted by Crippen LogP contribution is -2.09. The summed E-state index contributed by atoms with van der Waals surface area (Å²) in [6.45, 7) is 0. The number of rotatable bonds is 1. The first-order chi connectivity index (χ1) is 6.23. The Balaban J connectivity index is 3.47. The predicted molar refractivity (Wildman–Crippen MR) is 46.4 cm³/mol. The first-order valence-electron chi connectivity index (χ1n) is 3.37. The van der Waals surface area contributed by atoms with Gasteiger partial charge in [-0.2, -0.15) is 13.2 Å². The Labute approximate surface area is 83.2 Å². The Kier molecular flexibility index (Phi) is 2.78.